The van der Waals surface area contributed by atoms with E-state index in [0.29, 0.717) is 17.3 Å². The Kier molecular flexibility index (Phi) is 3.27. The van der Waals surface area contributed by atoms with Crippen LogP contribution in [0, 0.1) is 0 Å². The van der Waals surface area contributed by atoms with E-state index in [0.717, 1.165) is 17.0 Å². The largest absolute Gasteiger partial charge is 0.497 e. The molecular formula is C16H14N6O2. The molecular weight excluding hydrogens is 308 g/mol. The van der Waals surface area contributed by atoms with E-state index in [1.165, 1.54) is 0 Å². The molecule has 0 atom stereocenters. The lowest BCUT2D eigenvalue weighted by atomic mass is 10.1. The minimum atomic E-state index is 0.171. The average molecular weight is 322 g/mol. The Hall–Kier alpha value is -3.55. The Morgan fingerprint density at radius 3 is 2.79 bits per heavy atom. The lowest BCUT2D eigenvalue weighted by molar-refractivity contribution is 0.414. The molecule has 0 bridgehead atoms. The number of benzene rings is 1. The number of nitrogens with zero attached hydrogens (tertiary/aromatic N) is 4. The van der Waals surface area contributed by atoms with Gasteiger partial charge in [-0.25, -0.2) is 4.68 Å². The molecule has 3 heterocycles. The van der Waals surface area contributed by atoms with E-state index in [2.05, 4.69) is 20.3 Å². The number of aromatic amines is 1. The second kappa shape index (κ2) is 5.58. The summed E-state index contributed by atoms with van der Waals surface area (Å²) in [5, 5.41) is 10.8. The third-order valence-corrected chi connectivity index (χ3v) is 3.56. The van der Waals surface area contributed by atoms with Gasteiger partial charge in [-0.3, -0.25) is 5.10 Å². The molecule has 0 unspecified atom stereocenters. The van der Waals surface area contributed by atoms with Crippen molar-refractivity contribution in [1.29, 1.82) is 0 Å². The number of anilines is 1. The maximum absolute atomic E-state index is 5.91. The van der Waals surface area contributed by atoms with Crippen LogP contribution < -0.4 is 10.5 Å². The Morgan fingerprint density at radius 1 is 1.21 bits per heavy atom. The molecule has 0 aliphatic carbocycles. The van der Waals surface area contributed by atoms with Crippen molar-refractivity contribution >= 4 is 5.95 Å². The van der Waals surface area contributed by atoms with Gasteiger partial charge in [0.2, 0.25) is 5.95 Å². The van der Waals surface area contributed by atoms with Crippen molar-refractivity contribution in [2.75, 3.05) is 12.8 Å². The summed E-state index contributed by atoms with van der Waals surface area (Å²) in [7, 11) is 1.63. The molecule has 120 valence electrons. The first kappa shape index (κ1) is 14.1. The number of hydrogen-bond acceptors (Lipinski definition) is 6. The van der Waals surface area contributed by atoms with Crippen LogP contribution in [0.3, 0.4) is 0 Å². The predicted molar refractivity (Wildman–Crippen MR) is 87.6 cm³/mol. The first-order chi connectivity index (χ1) is 11.7. The van der Waals surface area contributed by atoms with Gasteiger partial charge < -0.3 is 14.9 Å². The van der Waals surface area contributed by atoms with Gasteiger partial charge in [-0.1, -0.05) is 0 Å². The van der Waals surface area contributed by atoms with Crippen LogP contribution in [0.2, 0.25) is 0 Å². The molecule has 0 amide bonds. The molecule has 0 radical (unpaired) electrons. The highest BCUT2D eigenvalue weighted by molar-refractivity contribution is 5.72. The smallest absolute Gasteiger partial charge is 0.239 e. The minimum absolute atomic E-state index is 0.171. The monoisotopic (exact) mass is 322 g/mol. The van der Waals surface area contributed by atoms with Crippen molar-refractivity contribution in [3.05, 3.63) is 48.8 Å². The van der Waals surface area contributed by atoms with Gasteiger partial charge >= 0.3 is 0 Å². The summed E-state index contributed by atoms with van der Waals surface area (Å²) in [6, 6.07) is 11.2. The van der Waals surface area contributed by atoms with Gasteiger partial charge in [0.05, 0.1) is 12.8 Å². The highest BCUT2D eigenvalue weighted by atomic mass is 16.5. The van der Waals surface area contributed by atoms with Crippen molar-refractivity contribution in [3.63, 3.8) is 0 Å². The normalized spacial score (nSPS) is 10.9. The van der Waals surface area contributed by atoms with Gasteiger partial charge in [0, 0.05) is 24.0 Å². The maximum Gasteiger partial charge on any atom is 0.239 e. The second-order valence-electron chi connectivity index (χ2n) is 5.04. The number of methoxy groups -OCH3 is 1. The number of H-pyrrole nitrogens is 1. The number of aromatic nitrogens is 5. The van der Waals surface area contributed by atoms with Gasteiger partial charge in [0.1, 0.15) is 11.5 Å². The standard InChI is InChI=1S/C16H14N6O2/c1-23-10-3-4-11(12(9-10)22-8-2-7-18-22)13-5-6-14(24-13)15-19-16(17)21-20-15/h2-9H,1H3,(H3,17,19,20,21). The molecule has 8 nitrogen and oxygen atoms in total. The lowest BCUT2D eigenvalue weighted by Crippen LogP contribution is -1.98. The molecule has 3 N–H and O–H groups in total. The fourth-order valence-corrected chi connectivity index (χ4v) is 2.44. The highest BCUT2D eigenvalue weighted by Gasteiger charge is 2.15. The quantitative estimate of drug-likeness (QED) is 0.597. The van der Waals surface area contributed by atoms with Gasteiger partial charge in [-0.15, -0.1) is 5.10 Å². The van der Waals surface area contributed by atoms with Gasteiger partial charge in [-0.05, 0) is 30.3 Å². The van der Waals surface area contributed by atoms with Crippen LogP contribution in [0.4, 0.5) is 5.95 Å². The summed E-state index contributed by atoms with van der Waals surface area (Å²) in [5.41, 5.74) is 7.25. The van der Waals surface area contributed by atoms with E-state index >= 15 is 0 Å². The van der Waals surface area contributed by atoms with Crippen LogP contribution in [0.1, 0.15) is 0 Å². The first-order valence-electron chi connectivity index (χ1n) is 7.21. The Labute approximate surface area is 136 Å². The van der Waals surface area contributed by atoms with E-state index in [1.54, 1.807) is 18.0 Å². The molecule has 0 saturated heterocycles. The van der Waals surface area contributed by atoms with Crippen LogP contribution in [0.5, 0.6) is 5.75 Å². The summed E-state index contributed by atoms with van der Waals surface area (Å²) >= 11 is 0. The van der Waals surface area contributed by atoms with E-state index in [1.807, 2.05) is 42.6 Å². The van der Waals surface area contributed by atoms with Crippen molar-refractivity contribution in [1.82, 2.24) is 25.0 Å². The molecule has 3 aromatic heterocycles. The van der Waals surface area contributed by atoms with Gasteiger partial charge in [0.25, 0.3) is 0 Å². The van der Waals surface area contributed by atoms with Crippen molar-refractivity contribution in [2.45, 2.75) is 0 Å². The van der Waals surface area contributed by atoms with E-state index in [-0.39, 0.29) is 5.95 Å². The molecule has 4 rings (SSSR count). The molecule has 1 aromatic carbocycles. The third kappa shape index (κ3) is 2.39. The Bertz CT molecular complexity index is 970. The summed E-state index contributed by atoms with van der Waals surface area (Å²) in [6.45, 7) is 0. The molecule has 0 aliphatic heterocycles. The summed E-state index contributed by atoms with van der Waals surface area (Å²) in [4.78, 5) is 4.07. The Balaban J connectivity index is 1.81. The average Bonchev–Trinajstić information content (AvgIpc) is 3.35. The van der Waals surface area contributed by atoms with Crippen LogP contribution in [-0.4, -0.2) is 32.1 Å². The molecule has 24 heavy (non-hydrogen) atoms. The fourth-order valence-electron chi connectivity index (χ4n) is 2.44. The summed E-state index contributed by atoms with van der Waals surface area (Å²) in [6.07, 6.45) is 3.58. The molecule has 0 aliphatic rings. The zero-order chi connectivity index (χ0) is 16.5. The number of ether oxygens (including phenoxy) is 1. The van der Waals surface area contributed by atoms with Crippen molar-refractivity contribution < 1.29 is 9.15 Å². The van der Waals surface area contributed by atoms with E-state index in [4.69, 9.17) is 14.9 Å². The third-order valence-electron chi connectivity index (χ3n) is 3.56. The van der Waals surface area contributed by atoms with Crippen LogP contribution in [-0.2, 0) is 0 Å². The number of nitrogen functional groups attached to an aromatic ring is 1. The highest BCUT2D eigenvalue weighted by Crippen LogP contribution is 2.33. The molecule has 0 fully saturated rings. The van der Waals surface area contributed by atoms with Crippen LogP contribution in [0.15, 0.2) is 53.2 Å². The van der Waals surface area contributed by atoms with Crippen molar-refractivity contribution in [3.8, 4) is 34.3 Å². The first-order valence-corrected chi connectivity index (χ1v) is 7.21. The zero-order valence-corrected chi connectivity index (χ0v) is 12.8. The SMILES string of the molecule is COc1ccc(-c2ccc(-c3nc(N)n[nH]3)o2)c(-n2cccn2)c1. The van der Waals surface area contributed by atoms with Gasteiger partial charge in [0.15, 0.2) is 11.6 Å². The molecule has 4 aromatic rings. The van der Waals surface area contributed by atoms with Crippen LogP contribution >= 0.6 is 0 Å². The Morgan fingerprint density at radius 2 is 2.08 bits per heavy atom. The fraction of sp³-hybridized carbons (Fsp3) is 0.0625. The predicted octanol–water partition coefficient (Wildman–Crippen LogP) is 2.51. The topological polar surface area (TPSA) is 108 Å². The zero-order valence-electron chi connectivity index (χ0n) is 12.8. The van der Waals surface area contributed by atoms with E-state index in [9.17, 15) is 0 Å². The molecule has 0 saturated carbocycles. The maximum atomic E-state index is 5.91. The van der Waals surface area contributed by atoms with Crippen LogP contribution in [0.25, 0.3) is 28.6 Å². The number of rotatable bonds is 4. The number of nitrogens with two attached hydrogens (primary N) is 1. The minimum Gasteiger partial charge on any atom is -0.497 e. The number of nitrogens with one attached hydrogen (secondary N) is 1. The summed E-state index contributed by atoms with van der Waals surface area (Å²) < 4.78 is 13.0. The number of furan rings is 1. The number of hydrogen-bond donors (Lipinski definition) is 2. The lowest BCUT2D eigenvalue weighted by Gasteiger charge is -2.10. The molecule has 0 spiro atoms. The van der Waals surface area contributed by atoms with E-state index < -0.39 is 0 Å². The second-order valence-corrected chi connectivity index (χ2v) is 5.04. The van der Waals surface area contributed by atoms with Gasteiger partial charge in [-0.2, -0.15) is 10.1 Å². The summed E-state index contributed by atoms with van der Waals surface area (Å²) in [5.74, 6) is 2.61. The van der Waals surface area contributed by atoms with Crippen molar-refractivity contribution in [2.24, 2.45) is 0 Å². The molecule has 8 heteroatoms.